The van der Waals surface area contributed by atoms with Gasteiger partial charge in [0.25, 0.3) is 5.56 Å². The van der Waals surface area contributed by atoms with Gasteiger partial charge in [0.1, 0.15) is 0 Å². The highest BCUT2D eigenvalue weighted by Crippen LogP contribution is 2.21. The first-order valence-electron chi connectivity index (χ1n) is 9.55. The van der Waals surface area contributed by atoms with Crippen LogP contribution in [0.3, 0.4) is 0 Å². The molecule has 1 aliphatic carbocycles. The number of carbonyl (C=O) groups is 1. The van der Waals surface area contributed by atoms with Crippen LogP contribution in [0.4, 0.5) is 0 Å². The number of hydrogen-bond acceptors (Lipinski definition) is 5. The summed E-state index contributed by atoms with van der Waals surface area (Å²) in [5.74, 6) is 0.708. The van der Waals surface area contributed by atoms with Gasteiger partial charge in [-0.2, -0.15) is 0 Å². The van der Waals surface area contributed by atoms with Gasteiger partial charge in [-0.1, -0.05) is 35.5 Å². The van der Waals surface area contributed by atoms with Crippen molar-refractivity contribution in [3.05, 3.63) is 46.3 Å². The fourth-order valence-electron chi connectivity index (χ4n) is 3.58. The van der Waals surface area contributed by atoms with Crippen LogP contribution < -0.4 is 10.9 Å². The minimum absolute atomic E-state index is 0.0210. The molecule has 1 aliphatic rings. The molecule has 2 aromatic heterocycles. The van der Waals surface area contributed by atoms with Crippen molar-refractivity contribution in [1.82, 2.24) is 24.5 Å². The summed E-state index contributed by atoms with van der Waals surface area (Å²) >= 11 is 1.33. The molecule has 28 heavy (non-hydrogen) atoms. The maximum atomic E-state index is 12.5. The summed E-state index contributed by atoms with van der Waals surface area (Å²) in [6.45, 7) is 0.670. The largest absolute Gasteiger partial charge is 0.355 e. The maximum Gasteiger partial charge on any atom is 0.262 e. The lowest BCUT2D eigenvalue weighted by atomic mass is 9.97. The highest BCUT2D eigenvalue weighted by Gasteiger charge is 2.15. The van der Waals surface area contributed by atoms with Gasteiger partial charge in [0.05, 0.1) is 16.7 Å². The topological polar surface area (TPSA) is 81.3 Å². The number of carbonyl (C=O) groups excluding carboxylic acids is 1. The van der Waals surface area contributed by atoms with Crippen molar-refractivity contribution < 1.29 is 4.79 Å². The molecule has 0 saturated carbocycles. The molecule has 1 N–H and O–H groups in total. The number of nitrogens with one attached hydrogen (secondary N) is 1. The zero-order valence-electron chi connectivity index (χ0n) is 15.9. The summed E-state index contributed by atoms with van der Waals surface area (Å²) in [7, 11) is 1.68. The molecule has 1 aromatic carbocycles. The van der Waals surface area contributed by atoms with Crippen molar-refractivity contribution in [1.29, 1.82) is 0 Å². The Bertz CT molecular complexity index is 1110. The molecule has 146 valence electrons. The molecule has 1 amide bonds. The van der Waals surface area contributed by atoms with Gasteiger partial charge in [-0.3, -0.25) is 18.6 Å². The number of thioether (sulfide) groups is 1. The van der Waals surface area contributed by atoms with Gasteiger partial charge in [0.15, 0.2) is 5.16 Å². The quantitative estimate of drug-likeness (QED) is 0.511. The van der Waals surface area contributed by atoms with E-state index in [9.17, 15) is 9.59 Å². The number of benzene rings is 1. The van der Waals surface area contributed by atoms with E-state index in [0.29, 0.717) is 22.9 Å². The van der Waals surface area contributed by atoms with Gasteiger partial charge >= 0.3 is 0 Å². The van der Waals surface area contributed by atoms with Gasteiger partial charge in [-0.25, -0.2) is 0 Å². The molecule has 3 aromatic rings. The Kier molecular flexibility index (Phi) is 5.47. The Morgan fingerprint density at radius 2 is 2.11 bits per heavy atom. The van der Waals surface area contributed by atoms with Crippen molar-refractivity contribution >= 4 is 34.3 Å². The van der Waals surface area contributed by atoms with Crippen LogP contribution in [0.25, 0.3) is 16.7 Å². The average Bonchev–Trinajstić information content (AvgIpc) is 3.15. The summed E-state index contributed by atoms with van der Waals surface area (Å²) in [5.41, 5.74) is 2.09. The molecule has 0 fully saturated rings. The molecule has 8 heteroatoms. The Balaban J connectivity index is 1.46. The molecular formula is C20H23N5O2S. The zero-order valence-corrected chi connectivity index (χ0v) is 16.7. The SMILES string of the molecule is Cn1c(=O)c2ccccc2n2c(SCC(=O)NCCC3=CCCCC3)nnc12. The van der Waals surface area contributed by atoms with E-state index in [1.165, 1.54) is 34.7 Å². The molecule has 0 bridgehead atoms. The summed E-state index contributed by atoms with van der Waals surface area (Å²) in [5, 5.41) is 12.5. The predicted octanol–water partition coefficient (Wildman–Crippen LogP) is 2.68. The van der Waals surface area contributed by atoms with Crippen LogP contribution in [0.2, 0.25) is 0 Å². The van der Waals surface area contributed by atoms with E-state index in [4.69, 9.17) is 0 Å². The lowest BCUT2D eigenvalue weighted by Gasteiger charge is -2.12. The molecule has 7 nitrogen and oxygen atoms in total. The van der Waals surface area contributed by atoms with Gasteiger partial charge in [0, 0.05) is 13.6 Å². The lowest BCUT2D eigenvalue weighted by Crippen LogP contribution is -2.26. The maximum absolute atomic E-state index is 12.5. The van der Waals surface area contributed by atoms with Crippen molar-refractivity contribution in [2.75, 3.05) is 12.3 Å². The molecule has 0 spiro atoms. The standard InChI is InChI=1S/C20H23N5O2S/c1-24-18(27)15-9-5-6-10-16(15)25-19(24)22-23-20(25)28-13-17(26)21-12-11-14-7-3-2-4-8-14/h5-7,9-10H,2-4,8,11-13H2,1H3,(H,21,26). The Hall–Kier alpha value is -2.61. The van der Waals surface area contributed by atoms with E-state index < -0.39 is 0 Å². The number of amides is 1. The minimum Gasteiger partial charge on any atom is -0.355 e. The van der Waals surface area contributed by atoms with E-state index in [2.05, 4.69) is 21.6 Å². The van der Waals surface area contributed by atoms with Crippen LogP contribution in [-0.4, -0.2) is 37.4 Å². The molecule has 0 saturated heterocycles. The van der Waals surface area contributed by atoms with Crippen LogP contribution in [0.1, 0.15) is 32.1 Å². The lowest BCUT2D eigenvalue weighted by molar-refractivity contribution is -0.118. The van der Waals surface area contributed by atoms with Crippen LogP contribution in [0.15, 0.2) is 45.9 Å². The molecule has 2 heterocycles. The van der Waals surface area contributed by atoms with Gasteiger partial charge in [-0.15, -0.1) is 10.2 Å². The van der Waals surface area contributed by atoms with Gasteiger partial charge in [-0.05, 0) is 44.2 Å². The summed E-state index contributed by atoms with van der Waals surface area (Å²) in [4.78, 5) is 24.7. The number of allylic oxidation sites excluding steroid dienone is 1. The van der Waals surface area contributed by atoms with E-state index in [-0.39, 0.29) is 17.2 Å². The normalized spacial score (nSPS) is 14.4. The number of nitrogens with zero attached hydrogens (tertiary/aromatic N) is 4. The first kappa shape index (κ1) is 18.7. The number of hydrogen-bond donors (Lipinski definition) is 1. The van der Waals surface area contributed by atoms with Crippen LogP contribution in [-0.2, 0) is 11.8 Å². The van der Waals surface area contributed by atoms with Crippen LogP contribution in [0, 0.1) is 0 Å². The van der Waals surface area contributed by atoms with Crippen LogP contribution >= 0.6 is 11.8 Å². The number of aryl methyl sites for hydroxylation is 1. The smallest absolute Gasteiger partial charge is 0.262 e. The monoisotopic (exact) mass is 397 g/mol. The third kappa shape index (κ3) is 3.69. The Labute approximate surface area is 166 Å². The average molecular weight is 398 g/mol. The third-order valence-electron chi connectivity index (χ3n) is 5.08. The molecule has 4 rings (SSSR count). The van der Waals surface area contributed by atoms with E-state index in [1.807, 2.05) is 22.6 Å². The first-order valence-corrected chi connectivity index (χ1v) is 10.5. The van der Waals surface area contributed by atoms with Crippen molar-refractivity contribution in [2.45, 2.75) is 37.3 Å². The molecular weight excluding hydrogens is 374 g/mol. The van der Waals surface area contributed by atoms with Gasteiger partial charge in [0.2, 0.25) is 11.7 Å². The fourth-order valence-corrected chi connectivity index (χ4v) is 4.35. The van der Waals surface area contributed by atoms with Crippen molar-refractivity contribution in [3.8, 4) is 0 Å². The summed E-state index contributed by atoms with van der Waals surface area (Å²) < 4.78 is 3.32. The van der Waals surface area contributed by atoms with Crippen LogP contribution in [0.5, 0.6) is 0 Å². The van der Waals surface area contributed by atoms with Crippen molar-refractivity contribution in [3.63, 3.8) is 0 Å². The highest BCUT2D eigenvalue weighted by atomic mass is 32.2. The second-order valence-electron chi connectivity index (χ2n) is 7.00. The number of fused-ring (bicyclic) bond motifs is 3. The Morgan fingerprint density at radius 1 is 1.25 bits per heavy atom. The molecule has 0 atom stereocenters. The Morgan fingerprint density at radius 3 is 2.93 bits per heavy atom. The highest BCUT2D eigenvalue weighted by molar-refractivity contribution is 7.99. The summed E-state index contributed by atoms with van der Waals surface area (Å²) in [6, 6.07) is 7.37. The third-order valence-corrected chi connectivity index (χ3v) is 6.01. The fraction of sp³-hybridized carbons (Fsp3) is 0.400. The van der Waals surface area contributed by atoms with Gasteiger partial charge < -0.3 is 5.32 Å². The van der Waals surface area contributed by atoms with E-state index >= 15 is 0 Å². The first-order chi connectivity index (χ1) is 13.6. The van der Waals surface area contributed by atoms with Crippen molar-refractivity contribution in [2.24, 2.45) is 7.05 Å². The summed E-state index contributed by atoms with van der Waals surface area (Å²) in [6.07, 6.45) is 8.09. The second kappa shape index (κ2) is 8.18. The molecule has 0 unspecified atom stereocenters. The molecule has 0 aliphatic heterocycles. The molecule has 0 radical (unpaired) electrons. The number of rotatable bonds is 6. The zero-order chi connectivity index (χ0) is 19.5. The van der Waals surface area contributed by atoms with E-state index in [0.717, 1.165) is 24.8 Å². The van der Waals surface area contributed by atoms with E-state index in [1.54, 1.807) is 13.1 Å². The number of aromatic nitrogens is 4. The number of para-hydroxylation sites is 1. The minimum atomic E-state index is -0.109. The second-order valence-corrected chi connectivity index (χ2v) is 7.94. The predicted molar refractivity (Wildman–Crippen MR) is 111 cm³/mol.